The highest BCUT2D eigenvalue weighted by molar-refractivity contribution is 6.04. The average Bonchev–Trinajstić information content (AvgIpc) is 3.20. The molecule has 1 atom stereocenters. The van der Waals surface area contributed by atoms with E-state index in [-0.39, 0.29) is 12.3 Å². The topological polar surface area (TPSA) is 103 Å². The first-order chi connectivity index (χ1) is 26.3. The second kappa shape index (κ2) is 23.2. The van der Waals surface area contributed by atoms with E-state index in [9.17, 15) is 15.3 Å². The van der Waals surface area contributed by atoms with Crippen molar-refractivity contribution in [3.05, 3.63) is 86.5 Å². The molecule has 0 fully saturated rings. The quantitative estimate of drug-likeness (QED) is 0.0612. The van der Waals surface area contributed by atoms with Gasteiger partial charge in [0.05, 0.1) is 0 Å². The lowest BCUT2D eigenvalue weighted by Gasteiger charge is -2.36. The Bertz CT molecular complexity index is 1570. The van der Waals surface area contributed by atoms with E-state index in [1.807, 2.05) is 26.8 Å². The summed E-state index contributed by atoms with van der Waals surface area (Å²) in [6.07, 6.45) is 0. The molecule has 0 bridgehead atoms. The summed E-state index contributed by atoms with van der Waals surface area (Å²) in [4.78, 5) is 10.9. The number of phenolic OH excluding ortho intramolecular Hbond substituents is 3. The van der Waals surface area contributed by atoms with Crippen LogP contribution in [-0.4, -0.2) is 107 Å². The maximum absolute atomic E-state index is 11.9. The van der Waals surface area contributed by atoms with E-state index < -0.39 is 5.41 Å². The van der Waals surface area contributed by atoms with E-state index >= 15 is 0 Å². The lowest BCUT2D eigenvalue weighted by atomic mass is 9.68. The van der Waals surface area contributed by atoms with Crippen molar-refractivity contribution in [3.8, 4) is 17.2 Å². The molecule has 0 amide bonds. The molecule has 0 aliphatic heterocycles. The molecule has 306 valence electrons. The fourth-order valence-electron chi connectivity index (χ4n) is 7.20. The van der Waals surface area contributed by atoms with Crippen LogP contribution in [0.5, 0.6) is 17.2 Å². The number of aromatic hydroxyl groups is 3. The minimum atomic E-state index is -0.799. The maximum atomic E-state index is 11.9. The molecular weight excluding hydrogens is 683 g/mol. The Labute approximate surface area is 336 Å². The van der Waals surface area contributed by atoms with E-state index in [4.69, 9.17) is 13.7 Å². The predicted octanol–water partition coefficient (Wildman–Crippen LogP) is 7.53. The molecule has 0 aliphatic carbocycles. The van der Waals surface area contributed by atoms with Gasteiger partial charge in [0, 0.05) is 78.1 Å². The average molecular weight is 759 g/mol. The van der Waals surface area contributed by atoms with Gasteiger partial charge >= 0.3 is 0 Å². The van der Waals surface area contributed by atoms with Crippen molar-refractivity contribution >= 4 is 7.98 Å². The summed E-state index contributed by atoms with van der Waals surface area (Å²) in [7, 11) is 8.42. The van der Waals surface area contributed by atoms with E-state index in [2.05, 4.69) is 112 Å². The third-order valence-corrected chi connectivity index (χ3v) is 11.4. The van der Waals surface area contributed by atoms with E-state index in [0.29, 0.717) is 61.9 Å². The first kappa shape index (κ1) is 48.0. The molecule has 0 aliphatic rings. The van der Waals surface area contributed by atoms with E-state index in [0.717, 1.165) is 84.8 Å². The number of nitrogens with zero attached hydrogens (tertiary/aromatic N) is 5. The second-order valence-electron chi connectivity index (χ2n) is 14.5. The molecule has 3 aromatic rings. The molecule has 3 rings (SSSR count). The number of hydrogen-bond acceptors (Lipinski definition) is 9. The Morgan fingerprint density at radius 3 is 1.07 bits per heavy atom. The number of nitrogens with two attached hydrogens (primary N) is 1. The summed E-state index contributed by atoms with van der Waals surface area (Å²) in [5.41, 5.74) is 13.4. The Kier molecular flexibility index (Phi) is 20.3. The summed E-state index contributed by atoms with van der Waals surface area (Å²) < 4.78 is 0. The smallest absolute Gasteiger partial charge is 0.182 e. The van der Waals surface area contributed by atoms with Crippen molar-refractivity contribution in [2.45, 2.75) is 121 Å². The maximum Gasteiger partial charge on any atom is 0.182 e. The van der Waals surface area contributed by atoms with Crippen molar-refractivity contribution in [2.24, 2.45) is 5.73 Å². The molecule has 0 saturated carbocycles. The van der Waals surface area contributed by atoms with Crippen LogP contribution in [0.1, 0.15) is 126 Å². The van der Waals surface area contributed by atoms with Crippen molar-refractivity contribution in [3.63, 3.8) is 0 Å². The van der Waals surface area contributed by atoms with Gasteiger partial charge in [-0.3, -0.25) is 14.7 Å². The lowest BCUT2D eigenvalue weighted by Crippen LogP contribution is -2.30. The van der Waals surface area contributed by atoms with Gasteiger partial charge in [0.15, 0.2) is 7.98 Å². The van der Waals surface area contributed by atoms with Gasteiger partial charge in [0.25, 0.3) is 0 Å². The van der Waals surface area contributed by atoms with Gasteiger partial charge in [0.2, 0.25) is 0 Å². The predicted molar refractivity (Wildman–Crippen MR) is 233 cm³/mol. The van der Waals surface area contributed by atoms with Gasteiger partial charge in [-0.1, -0.05) is 69.2 Å². The fourth-order valence-corrected chi connectivity index (χ4v) is 7.20. The standard InChI is InChI=1S/C43H69BN6O3.C2H6/c1-11-46(10)26-32-20-38(21-33(41(32)52)27-47(12-2)13-3)43(9,37-19-31(25-45)40(51)36(24-37)30-50(44)18-8)39-22-34(28-48(14-4)15-5)42(53)35(23-39)29-49(16-6)17-7;1-2/h19-24,51-53H,11-18,25-30,45H2,1-10H3;1-2H3/t43-;/m0./s1. The summed E-state index contributed by atoms with van der Waals surface area (Å²) in [6.45, 7) is 32.8. The highest BCUT2D eigenvalue weighted by Gasteiger charge is 2.36. The van der Waals surface area contributed by atoms with Crippen LogP contribution < -0.4 is 5.73 Å². The highest BCUT2D eigenvalue weighted by Crippen LogP contribution is 2.46. The Hall–Kier alpha value is -3.12. The van der Waals surface area contributed by atoms with Crippen LogP contribution in [0.2, 0.25) is 0 Å². The number of hydrogen-bond donors (Lipinski definition) is 4. The molecule has 0 unspecified atom stereocenters. The minimum absolute atomic E-state index is 0.158. The van der Waals surface area contributed by atoms with Gasteiger partial charge in [0.1, 0.15) is 17.2 Å². The largest absolute Gasteiger partial charge is 0.507 e. The highest BCUT2D eigenvalue weighted by atomic mass is 16.3. The summed E-state index contributed by atoms with van der Waals surface area (Å²) >= 11 is 0. The van der Waals surface area contributed by atoms with Crippen LogP contribution in [-0.2, 0) is 44.7 Å². The summed E-state index contributed by atoms with van der Waals surface area (Å²) in [5, 5.41) is 35.2. The number of benzene rings is 3. The molecule has 2 radical (unpaired) electrons. The van der Waals surface area contributed by atoms with Crippen LogP contribution >= 0.6 is 0 Å². The fraction of sp³-hybridized carbons (Fsp3) is 0.600. The number of phenols is 3. The first-order valence-electron chi connectivity index (χ1n) is 20.9. The van der Waals surface area contributed by atoms with Gasteiger partial charge in [-0.25, -0.2) is 0 Å². The monoisotopic (exact) mass is 759 g/mol. The van der Waals surface area contributed by atoms with Crippen LogP contribution in [0, 0.1) is 0 Å². The zero-order chi connectivity index (χ0) is 41.5. The minimum Gasteiger partial charge on any atom is -0.507 e. The molecule has 0 aromatic heterocycles. The molecular formula is C45H75BN6O3. The van der Waals surface area contributed by atoms with Gasteiger partial charge < -0.3 is 30.8 Å². The normalized spacial score (nSPS) is 12.9. The third kappa shape index (κ3) is 11.9. The zero-order valence-electron chi connectivity index (χ0n) is 36.6. The first-order valence-corrected chi connectivity index (χ1v) is 20.9. The Morgan fingerprint density at radius 1 is 0.491 bits per heavy atom. The van der Waals surface area contributed by atoms with Gasteiger partial charge in [-0.2, -0.15) is 0 Å². The SMILES string of the molecule is CC.[B]N(CC)Cc1cc([C@@](C)(c2cc(CN(C)CC)c(O)c(CN(CC)CC)c2)c2cc(CN(CC)CC)c(O)c(CN(CC)CC)c2)cc(CN)c1O. The van der Waals surface area contributed by atoms with Crippen LogP contribution in [0.4, 0.5) is 0 Å². The summed E-state index contributed by atoms with van der Waals surface area (Å²) in [6, 6.07) is 12.8. The Morgan fingerprint density at radius 2 is 0.782 bits per heavy atom. The van der Waals surface area contributed by atoms with Crippen LogP contribution in [0.15, 0.2) is 36.4 Å². The number of rotatable bonds is 22. The molecule has 9 nitrogen and oxygen atoms in total. The van der Waals surface area contributed by atoms with Gasteiger partial charge in [-0.15, -0.1) is 0 Å². The Balaban J connectivity index is 0.00000514. The molecule has 10 heteroatoms. The molecule has 0 heterocycles. The lowest BCUT2D eigenvalue weighted by molar-refractivity contribution is 0.281. The molecule has 3 aromatic carbocycles. The zero-order valence-corrected chi connectivity index (χ0v) is 36.6. The van der Waals surface area contributed by atoms with E-state index in [1.54, 1.807) is 4.81 Å². The summed E-state index contributed by atoms with van der Waals surface area (Å²) in [5.74, 6) is 0.828. The van der Waals surface area contributed by atoms with Gasteiger partial charge in [-0.05, 0) is 119 Å². The third-order valence-electron chi connectivity index (χ3n) is 11.4. The van der Waals surface area contributed by atoms with Crippen molar-refractivity contribution < 1.29 is 15.3 Å². The molecule has 5 N–H and O–H groups in total. The molecule has 0 saturated heterocycles. The van der Waals surface area contributed by atoms with Crippen molar-refractivity contribution in [1.29, 1.82) is 0 Å². The van der Waals surface area contributed by atoms with E-state index in [1.165, 1.54) is 0 Å². The van der Waals surface area contributed by atoms with Crippen LogP contribution in [0.3, 0.4) is 0 Å². The molecule has 55 heavy (non-hydrogen) atoms. The molecule has 0 spiro atoms. The van der Waals surface area contributed by atoms with Crippen molar-refractivity contribution in [2.75, 3.05) is 59.4 Å². The van der Waals surface area contributed by atoms with Crippen LogP contribution in [0.25, 0.3) is 0 Å². The van der Waals surface area contributed by atoms with Crippen molar-refractivity contribution in [1.82, 2.24) is 24.4 Å². The second-order valence-corrected chi connectivity index (χ2v) is 14.5.